The van der Waals surface area contributed by atoms with E-state index in [9.17, 15) is 24.7 Å². The number of aromatic hydroxyl groups is 1. The summed E-state index contributed by atoms with van der Waals surface area (Å²) in [5, 5.41) is 30.0. The molecule has 51 heavy (non-hydrogen) atoms. The van der Waals surface area contributed by atoms with Crippen molar-refractivity contribution in [2.24, 2.45) is 17.8 Å². The summed E-state index contributed by atoms with van der Waals surface area (Å²) in [7, 11) is -0.213. The van der Waals surface area contributed by atoms with Crippen LogP contribution in [0.4, 0.5) is 5.69 Å². The zero-order chi connectivity index (χ0) is 35.6. The molecule has 0 saturated carbocycles. The number of nitrogens with zero attached hydrogens (tertiary/aromatic N) is 2. The predicted molar refractivity (Wildman–Crippen MR) is 201 cm³/mol. The van der Waals surface area contributed by atoms with Gasteiger partial charge in [0.15, 0.2) is 11.5 Å². The van der Waals surface area contributed by atoms with Crippen LogP contribution in [0.15, 0.2) is 102 Å². The summed E-state index contributed by atoms with van der Waals surface area (Å²) in [6.07, 6.45) is 5.00. The second-order valence-electron chi connectivity index (χ2n) is 12.9. The van der Waals surface area contributed by atoms with E-state index in [0.717, 1.165) is 28.0 Å². The largest absolute Gasteiger partial charge is 0.504 e. The van der Waals surface area contributed by atoms with E-state index in [4.69, 9.17) is 14.2 Å². The number of phenolic OH excluding ortho intramolecular Hbond substituents is 1. The minimum Gasteiger partial charge on any atom is -0.504 e. The van der Waals surface area contributed by atoms with Gasteiger partial charge < -0.3 is 29.4 Å². The van der Waals surface area contributed by atoms with Gasteiger partial charge in [0, 0.05) is 12.1 Å². The molecule has 4 atom stereocenters. The molecule has 1 aromatic heterocycles. The highest BCUT2D eigenvalue weighted by molar-refractivity contribution is 14.1. The first-order valence-electron chi connectivity index (χ1n) is 16.8. The van der Waals surface area contributed by atoms with Gasteiger partial charge in [0.25, 0.3) is 0 Å². The number of amides is 2. The van der Waals surface area contributed by atoms with Gasteiger partial charge in [-0.2, -0.15) is 0 Å². The molecule has 3 aliphatic rings. The van der Waals surface area contributed by atoms with Crippen LogP contribution in [0.3, 0.4) is 0 Å². The number of hydrogen-bond acceptors (Lipinski definition) is 9. The van der Waals surface area contributed by atoms with Crippen molar-refractivity contribution in [2.75, 3.05) is 25.2 Å². The zero-order valence-corrected chi connectivity index (χ0v) is 30.0. The number of anilines is 1. The second-order valence-corrected chi connectivity index (χ2v) is 14.0. The Morgan fingerprint density at radius 3 is 2.57 bits per heavy atom. The Labute approximate surface area is 309 Å². The number of rotatable bonds is 11. The Morgan fingerprint density at radius 2 is 1.82 bits per heavy atom. The summed E-state index contributed by atoms with van der Waals surface area (Å²) in [6.45, 7) is 0.537. The number of phenols is 1. The lowest BCUT2D eigenvalue weighted by atomic mass is 9.69. The lowest BCUT2D eigenvalue weighted by Gasteiger charge is -2.31. The zero-order valence-electron chi connectivity index (χ0n) is 27.8. The van der Waals surface area contributed by atoms with E-state index in [1.165, 1.54) is 24.1 Å². The number of carbonyl (C=O) groups excluding carboxylic acids is 2. The third-order valence-electron chi connectivity index (χ3n) is 9.87. The number of hydrogen-bond donors (Lipinski definition) is 3. The molecule has 7 rings (SSSR count). The number of fused-ring (bicyclic) bond motifs is 3. The number of benzene rings is 3. The Balaban J connectivity index is 1.21. The van der Waals surface area contributed by atoms with Crippen molar-refractivity contribution in [3.63, 3.8) is 0 Å². The molecule has 12 heteroatoms. The molecule has 0 radical (unpaired) electrons. The van der Waals surface area contributed by atoms with Gasteiger partial charge in [-0.15, -0.1) is 0 Å². The van der Waals surface area contributed by atoms with Crippen molar-refractivity contribution in [1.82, 2.24) is 4.98 Å². The maximum atomic E-state index is 14.1. The molecule has 3 N–H and O–H groups in total. The molecule has 2 saturated heterocycles. The average Bonchev–Trinajstić information content (AvgIpc) is 3.68. The first kappa shape index (κ1) is 34.9. The average molecular weight is 798 g/mol. The molecule has 3 aromatic carbocycles. The molecule has 10 nitrogen and oxygen atoms in total. The monoisotopic (exact) mass is 798 g/mol. The van der Waals surface area contributed by atoms with Crippen LogP contribution in [0, 0.1) is 21.3 Å². The van der Waals surface area contributed by atoms with Gasteiger partial charge >= 0.3 is 7.12 Å². The first-order chi connectivity index (χ1) is 24.7. The normalized spacial score (nSPS) is 21.5. The highest BCUT2D eigenvalue weighted by Gasteiger charge is 2.57. The van der Waals surface area contributed by atoms with Gasteiger partial charge in [0.2, 0.25) is 11.8 Å². The lowest BCUT2D eigenvalue weighted by molar-refractivity contribution is -0.122. The summed E-state index contributed by atoms with van der Waals surface area (Å²) < 4.78 is 18.8. The maximum absolute atomic E-state index is 14.1. The van der Waals surface area contributed by atoms with Crippen LogP contribution in [0.1, 0.15) is 30.5 Å². The minimum absolute atomic E-state index is 0.0880. The summed E-state index contributed by atoms with van der Waals surface area (Å²) >= 11 is 2.08. The fourth-order valence-corrected chi connectivity index (χ4v) is 8.14. The van der Waals surface area contributed by atoms with Crippen molar-refractivity contribution < 1.29 is 39.0 Å². The Kier molecular flexibility index (Phi) is 10.3. The molecule has 2 amide bonds. The molecule has 3 heterocycles. The number of pyridine rings is 1. The van der Waals surface area contributed by atoms with Crippen LogP contribution in [-0.2, 0) is 14.3 Å². The van der Waals surface area contributed by atoms with Gasteiger partial charge in [-0.25, -0.2) is 0 Å². The molecule has 0 spiro atoms. The van der Waals surface area contributed by atoms with E-state index in [2.05, 4.69) is 27.6 Å². The standard InChI is InChI=1S/C39H36BIN2O8/c1-49-34-18-23(17-31(41)37(34)44)16-24(32-12-5-6-15-42-32)13-14-33-35-25(21-50-28-10-3-2-4-11-28)19-29-36(30(35)22-51-33)39(46)43(38(29)45)27-9-7-8-26(20-27)40(47)48/h2-12,15-18,20,29-30,33,36,44,47-48H,13-14,19,21-22H2,1H3/b24-16-/t29-,30+,33-,36-/m1/s1. The van der Waals surface area contributed by atoms with Crippen LogP contribution in [-0.4, -0.2) is 65.5 Å². The fourth-order valence-electron chi connectivity index (χ4n) is 7.52. The highest BCUT2D eigenvalue weighted by Crippen LogP contribution is 2.51. The summed E-state index contributed by atoms with van der Waals surface area (Å²) in [4.78, 5) is 34.0. The van der Waals surface area contributed by atoms with Crippen molar-refractivity contribution >= 4 is 64.3 Å². The van der Waals surface area contributed by atoms with E-state index in [1.54, 1.807) is 24.4 Å². The van der Waals surface area contributed by atoms with Gasteiger partial charge in [-0.1, -0.05) is 36.4 Å². The van der Waals surface area contributed by atoms with Gasteiger partial charge in [-0.05, 0) is 124 Å². The van der Waals surface area contributed by atoms with Crippen LogP contribution in [0.5, 0.6) is 17.2 Å². The molecular weight excluding hydrogens is 762 g/mol. The summed E-state index contributed by atoms with van der Waals surface area (Å²) in [5.41, 5.74) is 5.10. The maximum Gasteiger partial charge on any atom is 0.488 e. The van der Waals surface area contributed by atoms with Crippen molar-refractivity contribution in [1.29, 1.82) is 0 Å². The Hall–Kier alpha value is -4.50. The van der Waals surface area contributed by atoms with Crippen LogP contribution in [0.25, 0.3) is 11.6 Å². The van der Waals surface area contributed by atoms with Gasteiger partial charge in [0.1, 0.15) is 12.4 Å². The highest BCUT2D eigenvalue weighted by atomic mass is 127. The number of halogens is 1. The Bertz CT molecular complexity index is 2010. The van der Waals surface area contributed by atoms with E-state index in [0.29, 0.717) is 40.0 Å². The van der Waals surface area contributed by atoms with E-state index < -0.39 is 19.0 Å². The minimum atomic E-state index is -1.73. The molecule has 4 aromatic rings. The molecule has 2 fully saturated rings. The second kappa shape index (κ2) is 15.0. The number of aromatic nitrogens is 1. The first-order valence-corrected chi connectivity index (χ1v) is 17.8. The molecule has 260 valence electrons. The number of methoxy groups -OCH3 is 1. The van der Waals surface area contributed by atoms with Gasteiger partial charge in [-0.3, -0.25) is 19.5 Å². The lowest BCUT2D eigenvalue weighted by Crippen LogP contribution is -2.36. The van der Waals surface area contributed by atoms with Crippen molar-refractivity contribution in [3.8, 4) is 17.2 Å². The molecule has 2 aliphatic heterocycles. The number of carbonyl (C=O) groups is 2. The van der Waals surface area contributed by atoms with E-state index >= 15 is 0 Å². The van der Waals surface area contributed by atoms with Crippen molar-refractivity contribution in [3.05, 3.63) is 117 Å². The molecule has 0 bridgehead atoms. The molecule has 1 aliphatic carbocycles. The van der Waals surface area contributed by atoms with Crippen LogP contribution < -0.4 is 19.8 Å². The third-order valence-corrected chi connectivity index (χ3v) is 10.7. The Morgan fingerprint density at radius 1 is 1.02 bits per heavy atom. The van der Waals surface area contributed by atoms with Crippen molar-refractivity contribution in [2.45, 2.75) is 25.4 Å². The summed E-state index contributed by atoms with van der Waals surface area (Å²) in [6, 6.07) is 25.2. The number of para-hydroxylation sites is 1. The predicted octanol–water partition coefficient (Wildman–Crippen LogP) is 5.00. The number of ether oxygens (including phenoxy) is 3. The number of imide groups is 1. The molecular formula is C39H36BIN2O8. The van der Waals surface area contributed by atoms with E-state index in [-0.39, 0.29) is 48.3 Å². The number of allylic oxidation sites excluding steroid dienone is 1. The topological polar surface area (TPSA) is 139 Å². The third kappa shape index (κ3) is 7.05. The van der Waals surface area contributed by atoms with Crippen LogP contribution >= 0.6 is 22.6 Å². The fraction of sp³-hybridized carbons (Fsp3) is 0.256. The van der Waals surface area contributed by atoms with E-state index in [1.807, 2.05) is 60.7 Å². The van der Waals surface area contributed by atoms with Crippen LogP contribution in [0.2, 0.25) is 0 Å². The SMILES string of the molecule is COc1cc(/C=C(/CC[C@H]2OC[C@H]3C2=C(COc2ccccc2)C[C@H]2C(=O)N(c4cccc(B(O)O)c4)C(=O)[C@H]23)c2ccccn2)cc(I)c1O. The summed E-state index contributed by atoms with van der Waals surface area (Å²) in [5.74, 6) is -0.979. The molecule has 0 unspecified atom stereocenters. The van der Waals surface area contributed by atoms with Gasteiger partial charge in [0.05, 0.1) is 46.6 Å². The quantitative estimate of drug-likeness (QED) is 0.0829. The smallest absolute Gasteiger partial charge is 0.488 e.